The zero-order valence-corrected chi connectivity index (χ0v) is 11.1. The van der Waals surface area contributed by atoms with Crippen molar-refractivity contribution in [1.82, 2.24) is 10.6 Å². The molecule has 0 heterocycles. The molecular weight excluding hydrogens is 273 g/mol. The van der Waals surface area contributed by atoms with Gasteiger partial charge in [-0.2, -0.15) is 0 Å². The molecule has 0 fully saturated rings. The van der Waals surface area contributed by atoms with Crippen LogP contribution in [0.15, 0.2) is 18.2 Å². The van der Waals surface area contributed by atoms with Crippen LogP contribution in [0.2, 0.25) is 5.02 Å². The first-order valence-electron chi connectivity index (χ1n) is 5.65. The summed E-state index contributed by atoms with van der Waals surface area (Å²) in [5, 5.41) is 4.99. The number of amides is 2. The van der Waals surface area contributed by atoms with Crippen molar-refractivity contribution in [2.24, 2.45) is 5.73 Å². The fourth-order valence-electron chi connectivity index (χ4n) is 1.41. The number of carbonyl (C=O) groups is 2. The Morgan fingerprint density at radius 1 is 1.42 bits per heavy atom. The molecule has 0 bridgehead atoms. The molecule has 0 aliphatic carbocycles. The van der Waals surface area contributed by atoms with Gasteiger partial charge in [-0.25, -0.2) is 4.39 Å². The molecule has 7 heteroatoms. The Morgan fingerprint density at radius 3 is 2.68 bits per heavy atom. The molecule has 1 rings (SSSR count). The molecule has 0 aromatic heterocycles. The molecule has 1 aromatic carbocycles. The lowest BCUT2D eigenvalue weighted by Gasteiger charge is -2.15. The predicted molar refractivity (Wildman–Crippen MR) is 70.0 cm³/mol. The summed E-state index contributed by atoms with van der Waals surface area (Å²) in [5.41, 5.74) is 5.76. The summed E-state index contributed by atoms with van der Waals surface area (Å²) >= 11 is 5.66. The second-order valence-electron chi connectivity index (χ2n) is 3.94. The molecule has 104 valence electrons. The summed E-state index contributed by atoms with van der Waals surface area (Å²) in [4.78, 5) is 22.4. The van der Waals surface area contributed by atoms with Crippen LogP contribution < -0.4 is 16.4 Å². The molecule has 2 amide bonds. The third kappa shape index (κ3) is 4.84. The SMILES string of the molecule is CC(NC(=O)CNC(=O)CN)c1ccc(F)c(Cl)c1. The summed E-state index contributed by atoms with van der Waals surface area (Å²) in [6.07, 6.45) is 0. The van der Waals surface area contributed by atoms with Crippen molar-refractivity contribution in [3.8, 4) is 0 Å². The molecule has 0 aliphatic rings. The molecule has 1 atom stereocenters. The largest absolute Gasteiger partial charge is 0.348 e. The molecule has 0 spiro atoms. The highest BCUT2D eigenvalue weighted by Crippen LogP contribution is 2.20. The number of rotatable bonds is 5. The second-order valence-corrected chi connectivity index (χ2v) is 4.35. The van der Waals surface area contributed by atoms with E-state index in [1.165, 1.54) is 18.2 Å². The number of hydrogen-bond acceptors (Lipinski definition) is 3. The summed E-state index contributed by atoms with van der Waals surface area (Å²) in [6.45, 7) is 1.40. The number of carbonyl (C=O) groups excluding carboxylic acids is 2. The zero-order chi connectivity index (χ0) is 14.4. The Morgan fingerprint density at radius 2 is 2.11 bits per heavy atom. The van der Waals surface area contributed by atoms with Gasteiger partial charge in [0.25, 0.3) is 0 Å². The van der Waals surface area contributed by atoms with Crippen LogP contribution in [-0.4, -0.2) is 24.9 Å². The van der Waals surface area contributed by atoms with Gasteiger partial charge in [-0.15, -0.1) is 0 Å². The number of halogens is 2. The van der Waals surface area contributed by atoms with E-state index in [1.54, 1.807) is 6.92 Å². The zero-order valence-electron chi connectivity index (χ0n) is 10.4. The Balaban J connectivity index is 2.54. The van der Waals surface area contributed by atoms with Crippen LogP contribution >= 0.6 is 11.6 Å². The van der Waals surface area contributed by atoms with Gasteiger partial charge in [0.1, 0.15) is 5.82 Å². The third-order valence-electron chi connectivity index (χ3n) is 2.45. The number of nitrogens with two attached hydrogens (primary N) is 1. The Kier molecular flexibility index (Phi) is 5.72. The van der Waals surface area contributed by atoms with Crippen LogP contribution in [-0.2, 0) is 9.59 Å². The average molecular weight is 288 g/mol. The quantitative estimate of drug-likeness (QED) is 0.746. The maximum absolute atomic E-state index is 13.0. The highest BCUT2D eigenvalue weighted by molar-refractivity contribution is 6.30. The summed E-state index contributed by atoms with van der Waals surface area (Å²) in [5.74, 6) is -1.29. The molecule has 0 saturated heterocycles. The summed E-state index contributed by atoms with van der Waals surface area (Å²) in [6, 6.07) is 3.86. The molecule has 4 N–H and O–H groups in total. The van der Waals surface area contributed by atoms with E-state index in [9.17, 15) is 14.0 Å². The van der Waals surface area contributed by atoms with Gasteiger partial charge in [0.15, 0.2) is 0 Å². The first-order valence-corrected chi connectivity index (χ1v) is 6.03. The first-order chi connectivity index (χ1) is 8.93. The smallest absolute Gasteiger partial charge is 0.239 e. The Bertz CT molecular complexity index is 482. The van der Waals surface area contributed by atoms with Crippen molar-refractivity contribution < 1.29 is 14.0 Å². The van der Waals surface area contributed by atoms with E-state index in [2.05, 4.69) is 10.6 Å². The van der Waals surface area contributed by atoms with Crippen LogP contribution in [0.25, 0.3) is 0 Å². The van der Waals surface area contributed by atoms with Crippen molar-refractivity contribution in [2.75, 3.05) is 13.1 Å². The molecule has 0 radical (unpaired) electrons. The van der Waals surface area contributed by atoms with Crippen molar-refractivity contribution in [1.29, 1.82) is 0 Å². The van der Waals surface area contributed by atoms with Crippen molar-refractivity contribution >= 4 is 23.4 Å². The van der Waals surface area contributed by atoms with Crippen molar-refractivity contribution in [2.45, 2.75) is 13.0 Å². The van der Waals surface area contributed by atoms with Crippen LogP contribution in [0.4, 0.5) is 4.39 Å². The van der Waals surface area contributed by atoms with Gasteiger partial charge in [-0.3, -0.25) is 9.59 Å². The molecule has 1 unspecified atom stereocenters. The van der Waals surface area contributed by atoms with E-state index in [-0.39, 0.29) is 30.1 Å². The number of benzene rings is 1. The molecule has 1 aromatic rings. The van der Waals surface area contributed by atoms with Gasteiger partial charge < -0.3 is 16.4 Å². The fraction of sp³-hybridized carbons (Fsp3) is 0.333. The predicted octanol–water partition coefficient (Wildman–Crippen LogP) is 0.731. The molecule has 0 aliphatic heterocycles. The monoisotopic (exact) mass is 287 g/mol. The minimum atomic E-state index is -0.515. The van der Waals surface area contributed by atoms with Crippen LogP contribution in [0.1, 0.15) is 18.5 Å². The van der Waals surface area contributed by atoms with Crippen LogP contribution in [0.5, 0.6) is 0 Å². The average Bonchev–Trinajstić information content (AvgIpc) is 2.38. The van der Waals surface area contributed by atoms with Crippen molar-refractivity contribution in [3.63, 3.8) is 0 Å². The van der Waals surface area contributed by atoms with E-state index >= 15 is 0 Å². The minimum Gasteiger partial charge on any atom is -0.348 e. The lowest BCUT2D eigenvalue weighted by Crippen LogP contribution is -2.40. The van der Waals surface area contributed by atoms with Gasteiger partial charge >= 0.3 is 0 Å². The van der Waals surface area contributed by atoms with Crippen LogP contribution in [0.3, 0.4) is 0 Å². The lowest BCUT2D eigenvalue weighted by molar-refractivity contribution is -0.125. The third-order valence-corrected chi connectivity index (χ3v) is 2.74. The van der Waals surface area contributed by atoms with E-state index in [0.29, 0.717) is 5.56 Å². The lowest BCUT2D eigenvalue weighted by atomic mass is 10.1. The summed E-state index contributed by atoms with van der Waals surface area (Å²) < 4.78 is 13.0. The number of nitrogens with one attached hydrogen (secondary N) is 2. The summed E-state index contributed by atoms with van der Waals surface area (Å²) in [7, 11) is 0. The highest BCUT2D eigenvalue weighted by atomic mass is 35.5. The maximum atomic E-state index is 13.0. The van der Waals surface area contributed by atoms with Gasteiger partial charge in [0.05, 0.1) is 24.2 Å². The molecule has 0 saturated carbocycles. The Hall–Kier alpha value is -1.66. The maximum Gasteiger partial charge on any atom is 0.239 e. The van der Waals surface area contributed by atoms with E-state index in [0.717, 1.165) is 0 Å². The fourth-order valence-corrected chi connectivity index (χ4v) is 1.60. The van der Waals surface area contributed by atoms with E-state index in [4.69, 9.17) is 17.3 Å². The van der Waals surface area contributed by atoms with E-state index in [1.807, 2.05) is 0 Å². The minimum absolute atomic E-state index is 0.00460. The van der Waals surface area contributed by atoms with Crippen molar-refractivity contribution in [3.05, 3.63) is 34.6 Å². The molecule has 5 nitrogen and oxygen atoms in total. The first kappa shape index (κ1) is 15.4. The van der Waals surface area contributed by atoms with Gasteiger partial charge in [-0.1, -0.05) is 17.7 Å². The van der Waals surface area contributed by atoms with Gasteiger partial charge in [0, 0.05) is 0 Å². The van der Waals surface area contributed by atoms with Gasteiger partial charge in [0.2, 0.25) is 11.8 Å². The van der Waals surface area contributed by atoms with Gasteiger partial charge in [-0.05, 0) is 24.6 Å². The molecular formula is C12H15ClFN3O2. The van der Waals surface area contributed by atoms with Crippen LogP contribution in [0, 0.1) is 5.82 Å². The Labute approximate surface area is 115 Å². The second kappa shape index (κ2) is 7.06. The molecule has 19 heavy (non-hydrogen) atoms. The normalized spacial score (nSPS) is 11.8. The highest BCUT2D eigenvalue weighted by Gasteiger charge is 2.11. The van der Waals surface area contributed by atoms with E-state index < -0.39 is 11.7 Å². The topological polar surface area (TPSA) is 84.2 Å². The standard InChI is InChI=1S/C12H15ClFN3O2/c1-7(8-2-3-10(14)9(13)4-8)17-12(19)6-16-11(18)5-15/h2-4,7H,5-6,15H2,1H3,(H,16,18)(H,17,19). The number of hydrogen-bond donors (Lipinski definition) is 3.